The van der Waals surface area contributed by atoms with Gasteiger partial charge in [-0.1, -0.05) is 31.6 Å². The molecule has 0 bridgehead atoms. The number of fused-ring (bicyclic) bond motifs is 1. The molecule has 0 aliphatic heterocycles. The van der Waals surface area contributed by atoms with E-state index in [1.54, 1.807) is 18.5 Å². The molecule has 126 valence electrons. The predicted molar refractivity (Wildman–Crippen MR) is 96.4 cm³/mol. The molecule has 0 fully saturated rings. The SMILES string of the molecule is CCC(C)C1=CC=C(OCc2nc3cnccc3c(=O)[nH]2)C=CC1.[HH]. The monoisotopic (exact) mass is 325 g/mol. The van der Waals surface area contributed by atoms with Crippen LogP contribution in [0.3, 0.4) is 0 Å². The van der Waals surface area contributed by atoms with Crippen molar-refractivity contribution in [3.05, 3.63) is 70.3 Å². The second-order valence-corrected chi connectivity index (χ2v) is 5.92. The zero-order valence-electron chi connectivity index (χ0n) is 14.0. The highest BCUT2D eigenvalue weighted by atomic mass is 16.5. The van der Waals surface area contributed by atoms with Crippen molar-refractivity contribution in [1.29, 1.82) is 0 Å². The summed E-state index contributed by atoms with van der Waals surface area (Å²) < 4.78 is 5.79. The van der Waals surface area contributed by atoms with Crippen molar-refractivity contribution < 1.29 is 6.16 Å². The first-order valence-electron chi connectivity index (χ1n) is 8.20. The van der Waals surface area contributed by atoms with E-state index in [1.165, 1.54) is 5.57 Å². The molecule has 0 radical (unpaired) electrons. The molecule has 1 N–H and O–H groups in total. The van der Waals surface area contributed by atoms with Gasteiger partial charge < -0.3 is 9.72 Å². The molecular weight excluding hydrogens is 302 g/mol. The Morgan fingerprint density at radius 2 is 2.29 bits per heavy atom. The maximum absolute atomic E-state index is 12.0. The average molecular weight is 325 g/mol. The maximum atomic E-state index is 12.0. The molecule has 2 aromatic rings. The molecule has 5 heteroatoms. The molecule has 0 saturated carbocycles. The Morgan fingerprint density at radius 1 is 1.42 bits per heavy atom. The third kappa shape index (κ3) is 3.62. The van der Waals surface area contributed by atoms with Crippen LogP contribution in [0.25, 0.3) is 10.9 Å². The number of nitrogens with zero attached hydrogens (tertiary/aromatic N) is 2. The van der Waals surface area contributed by atoms with Crippen LogP contribution >= 0.6 is 0 Å². The molecule has 1 aliphatic rings. The summed E-state index contributed by atoms with van der Waals surface area (Å²) in [5, 5.41) is 0.531. The molecule has 2 heterocycles. The number of rotatable bonds is 5. The summed E-state index contributed by atoms with van der Waals surface area (Å²) in [4.78, 5) is 23.2. The lowest BCUT2D eigenvalue weighted by Gasteiger charge is -2.10. The molecule has 3 rings (SSSR count). The van der Waals surface area contributed by atoms with Crippen LogP contribution in [-0.4, -0.2) is 15.0 Å². The summed E-state index contributed by atoms with van der Waals surface area (Å²) >= 11 is 0. The number of aromatic amines is 1. The topological polar surface area (TPSA) is 67.9 Å². The van der Waals surface area contributed by atoms with Crippen LogP contribution in [0.4, 0.5) is 0 Å². The summed E-state index contributed by atoms with van der Waals surface area (Å²) in [5.41, 5.74) is 1.80. The number of nitrogens with one attached hydrogen (secondary N) is 1. The number of ether oxygens (including phenoxy) is 1. The zero-order chi connectivity index (χ0) is 16.9. The Kier molecular flexibility index (Phi) is 4.89. The maximum Gasteiger partial charge on any atom is 0.258 e. The second kappa shape index (κ2) is 7.25. The summed E-state index contributed by atoms with van der Waals surface area (Å²) in [6.45, 7) is 4.64. The Hall–Kier alpha value is -2.69. The number of allylic oxidation sites excluding steroid dienone is 5. The summed E-state index contributed by atoms with van der Waals surface area (Å²) in [6, 6.07) is 1.66. The van der Waals surface area contributed by atoms with Gasteiger partial charge in [0.15, 0.2) is 0 Å². The lowest BCUT2D eigenvalue weighted by Crippen LogP contribution is -2.12. The Morgan fingerprint density at radius 3 is 3.12 bits per heavy atom. The van der Waals surface area contributed by atoms with Crippen molar-refractivity contribution >= 4 is 10.9 Å². The molecular formula is C19H23N3O2. The first kappa shape index (κ1) is 16.2. The molecule has 5 nitrogen and oxygen atoms in total. The highest BCUT2D eigenvalue weighted by molar-refractivity contribution is 5.75. The van der Waals surface area contributed by atoms with Gasteiger partial charge in [0.25, 0.3) is 5.56 Å². The van der Waals surface area contributed by atoms with Gasteiger partial charge in [-0.05, 0) is 37.0 Å². The predicted octanol–water partition coefficient (Wildman–Crippen LogP) is 3.90. The highest BCUT2D eigenvalue weighted by Gasteiger charge is 2.08. The molecule has 1 unspecified atom stereocenters. The van der Waals surface area contributed by atoms with E-state index in [2.05, 4.69) is 41.0 Å². The number of pyridine rings is 1. The van der Waals surface area contributed by atoms with Crippen LogP contribution in [-0.2, 0) is 11.3 Å². The molecule has 0 amide bonds. The van der Waals surface area contributed by atoms with Gasteiger partial charge in [-0.3, -0.25) is 9.78 Å². The van der Waals surface area contributed by atoms with Crippen molar-refractivity contribution in [3.63, 3.8) is 0 Å². The molecule has 1 aliphatic carbocycles. The molecule has 2 aromatic heterocycles. The summed E-state index contributed by atoms with van der Waals surface area (Å²) in [7, 11) is 0. The van der Waals surface area contributed by atoms with Crippen molar-refractivity contribution in [2.24, 2.45) is 5.92 Å². The fraction of sp³-hybridized carbons (Fsp3) is 0.316. The van der Waals surface area contributed by atoms with Crippen LogP contribution in [0.1, 0.15) is 33.9 Å². The second-order valence-electron chi connectivity index (χ2n) is 5.92. The van der Waals surface area contributed by atoms with Gasteiger partial charge in [0.2, 0.25) is 0 Å². The van der Waals surface area contributed by atoms with Gasteiger partial charge in [-0.2, -0.15) is 0 Å². The normalized spacial score (nSPS) is 15.6. The van der Waals surface area contributed by atoms with Crippen LogP contribution in [0.2, 0.25) is 0 Å². The van der Waals surface area contributed by atoms with E-state index in [-0.39, 0.29) is 13.6 Å². The fourth-order valence-corrected chi connectivity index (χ4v) is 2.61. The molecule has 24 heavy (non-hydrogen) atoms. The minimum Gasteiger partial charge on any atom is -0.486 e. The van der Waals surface area contributed by atoms with E-state index in [4.69, 9.17) is 4.74 Å². The van der Waals surface area contributed by atoms with Gasteiger partial charge >= 0.3 is 0 Å². The van der Waals surface area contributed by atoms with Crippen LogP contribution in [0, 0.1) is 5.92 Å². The van der Waals surface area contributed by atoms with Gasteiger partial charge in [-0.15, -0.1) is 0 Å². The lowest BCUT2D eigenvalue weighted by atomic mass is 9.96. The minimum absolute atomic E-state index is 0. The number of aromatic nitrogens is 3. The fourth-order valence-electron chi connectivity index (χ4n) is 2.61. The van der Waals surface area contributed by atoms with E-state index >= 15 is 0 Å². The quantitative estimate of drug-likeness (QED) is 0.905. The Labute approximate surface area is 142 Å². The molecule has 1 atom stereocenters. The summed E-state index contributed by atoms with van der Waals surface area (Å²) in [5.74, 6) is 1.82. The lowest BCUT2D eigenvalue weighted by molar-refractivity contribution is 0.203. The van der Waals surface area contributed by atoms with Crippen molar-refractivity contribution in [1.82, 2.24) is 15.0 Å². The van der Waals surface area contributed by atoms with Gasteiger partial charge in [0, 0.05) is 7.62 Å². The van der Waals surface area contributed by atoms with Crippen molar-refractivity contribution in [2.75, 3.05) is 0 Å². The van der Waals surface area contributed by atoms with Crippen molar-refractivity contribution in [3.8, 4) is 0 Å². The number of hydrogen-bond acceptors (Lipinski definition) is 4. The zero-order valence-corrected chi connectivity index (χ0v) is 14.0. The van der Waals surface area contributed by atoms with Gasteiger partial charge in [0.1, 0.15) is 18.2 Å². The summed E-state index contributed by atoms with van der Waals surface area (Å²) in [6.07, 6.45) is 13.4. The molecule has 0 saturated heterocycles. The van der Waals surface area contributed by atoms with E-state index < -0.39 is 0 Å². The Balaban J connectivity index is 0.00000225. The van der Waals surface area contributed by atoms with Crippen LogP contribution in [0.5, 0.6) is 0 Å². The standard InChI is InChI=1S/C19H21N3O2.H2/c1-3-13(2)14-5-4-6-15(8-7-14)24-12-18-21-17-11-20-10-9-16(17)19(23)22-18;/h4,6-11,13H,3,5,12H2,1-2H3,(H,21,22,23);1H. The van der Waals surface area contributed by atoms with E-state index in [1.807, 2.05) is 12.2 Å². The largest absolute Gasteiger partial charge is 0.486 e. The third-order valence-corrected chi connectivity index (χ3v) is 4.28. The average Bonchev–Trinajstić information content (AvgIpc) is 2.85. The highest BCUT2D eigenvalue weighted by Crippen LogP contribution is 2.22. The molecule has 0 aromatic carbocycles. The smallest absolute Gasteiger partial charge is 0.258 e. The number of H-pyrrole nitrogens is 1. The number of hydrogen-bond donors (Lipinski definition) is 1. The van der Waals surface area contributed by atoms with Crippen LogP contribution in [0.15, 0.2) is 58.9 Å². The first-order chi connectivity index (χ1) is 11.7. The van der Waals surface area contributed by atoms with E-state index in [0.29, 0.717) is 22.6 Å². The first-order valence-corrected chi connectivity index (χ1v) is 8.20. The minimum atomic E-state index is -0.176. The molecule has 0 spiro atoms. The Bertz CT molecular complexity index is 884. The van der Waals surface area contributed by atoms with Crippen molar-refractivity contribution in [2.45, 2.75) is 33.3 Å². The van der Waals surface area contributed by atoms with Gasteiger partial charge in [-0.25, -0.2) is 4.98 Å². The van der Waals surface area contributed by atoms with Gasteiger partial charge in [0.05, 0.1) is 17.1 Å². The van der Waals surface area contributed by atoms with E-state index in [9.17, 15) is 4.79 Å². The van der Waals surface area contributed by atoms with E-state index in [0.717, 1.165) is 18.6 Å². The van der Waals surface area contributed by atoms with Crippen LogP contribution < -0.4 is 5.56 Å². The third-order valence-electron chi connectivity index (χ3n) is 4.28.